The van der Waals surface area contributed by atoms with Crippen LogP contribution in [0.4, 0.5) is 0 Å². The largest absolute Gasteiger partial charge is 0.464 e. The molecule has 1 rings (SSSR count). The van der Waals surface area contributed by atoms with E-state index in [9.17, 15) is 4.79 Å². The summed E-state index contributed by atoms with van der Waals surface area (Å²) in [5.74, 6) is -0.278. The van der Waals surface area contributed by atoms with Crippen LogP contribution in [0.3, 0.4) is 0 Å². The lowest BCUT2D eigenvalue weighted by molar-refractivity contribution is -0.154. The zero-order valence-electron chi connectivity index (χ0n) is 10.5. The molecule has 2 N–H and O–H groups in total. The van der Waals surface area contributed by atoms with E-state index in [1.165, 1.54) is 0 Å². The van der Waals surface area contributed by atoms with Gasteiger partial charge >= 0.3 is 5.97 Å². The van der Waals surface area contributed by atoms with Crippen LogP contribution in [0.1, 0.15) is 40.0 Å². The fraction of sp³-hybridized carbons (Fsp3) is 0.917. The monoisotopic (exact) mass is 229 g/mol. The van der Waals surface area contributed by atoms with E-state index in [-0.39, 0.29) is 11.4 Å². The number of nitrogens with two attached hydrogens (primary N) is 1. The number of hydrogen-bond acceptors (Lipinski definition) is 4. The molecule has 0 aromatic carbocycles. The van der Waals surface area contributed by atoms with E-state index >= 15 is 0 Å². The first-order valence-electron chi connectivity index (χ1n) is 5.87. The molecule has 0 unspecified atom stereocenters. The predicted octanol–water partition coefficient (Wildman–Crippen LogP) is 1.47. The molecule has 4 heteroatoms. The van der Waals surface area contributed by atoms with Crippen LogP contribution >= 0.6 is 0 Å². The summed E-state index contributed by atoms with van der Waals surface area (Å²) in [4.78, 5) is 11.8. The standard InChI is InChI=1S/C12H23NO3/c1-11(2,3)4-9-16-10(14)12(13)5-7-15-8-6-12/h4-9,13H2,1-3H3. The van der Waals surface area contributed by atoms with Crippen LogP contribution in [-0.2, 0) is 14.3 Å². The molecule has 0 aromatic rings. The summed E-state index contributed by atoms with van der Waals surface area (Å²) < 4.78 is 10.4. The Morgan fingerprint density at radius 2 is 1.94 bits per heavy atom. The molecule has 0 radical (unpaired) electrons. The molecule has 16 heavy (non-hydrogen) atoms. The second-order valence-corrected chi connectivity index (χ2v) is 5.72. The van der Waals surface area contributed by atoms with Gasteiger partial charge in [0.25, 0.3) is 0 Å². The van der Waals surface area contributed by atoms with Crippen LogP contribution in [0, 0.1) is 5.41 Å². The zero-order chi connectivity index (χ0) is 12.2. The number of carbonyl (C=O) groups is 1. The van der Waals surface area contributed by atoms with Gasteiger partial charge in [-0.15, -0.1) is 0 Å². The molecule has 0 amide bonds. The highest BCUT2D eigenvalue weighted by atomic mass is 16.5. The van der Waals surface area contributed by atoms with Gasteiger partial charge < -0.3 is 15.2 Å². The van der Waals surface area contributed by atoms with Crippen LogP contribution in [0.15, 0.2) is 0 Å². The molecular weight excluding hydrogens is 206 g/mol. The van der Waals surface area contributed by atoms with Gasteiger partial charge in [0.05, 0.1) is 6.61 Å². The molecule has 0 spiro atoms. The highest BCUT2D eigenvalue weighted by Crippen LogP contribution is 2.21. The highest BCUT2D eigenvalue weighted by molar-refractivity contribution is 5.80. The molecule has 4 nitrogen and oxygen atoms in total. The van der Waals surface area contributed by atoms with E-state index in [0.717, 1.165) is 6.42 Å². The summed E-state index contributed by atoms with van der Waals surface area (Å²) in [6.07, 6.45) is 1.97. The molecular formula is C12H23NO3. The Kier molecular flexibility index (Phi) is 4.33. The van der Waals surface area contributed by atoms with Gasteiger partial charge in [0.1, 0.15) is 5.54 Å². The van der Waals surface area contributed by atoms with Crippen molar-refractivity contribution in [3.63, 3.8) is 0 Å². The maximum absolute atomic E-state index is 11.8. The topological polar surface area (TPSA) is 61.5 Å². The third-order valence-corrected chi connectivity index (χ3v) is 2.88. The molecule has 1 aliphatic heterocycles. The van der Waals surface area contributed by atoms with Crippen molar-refractivity contribution in [1.29, 1.82) is 0 Å². The summed E-state index contributed by atoms with van der Waals surface area (Å²) >= 11 is 0. The van der Waals surface area contributed by atoms with Gasteiger partial charge in [-0.2, -0.15) is 0 Å². The van der Waals surface area contributed by atoms with Gasteiger partial charge in [0, 0.05) is 13.2 Å². The average Bonchev–Trinajstić information content (AvgIpc) is 2.16. The summed E-state index contributed by atoms with van der Waals surface area (Å²) in [5, 5.41) is 0. The van der Waals surface area contributed by atoms with Gasteiger partial charge in [0.15, 0.2) is 0 Å². The fourth-order valence-electron chi connectivity index (χ4n) is 1.53. The Labute approximate surface area is 97.5 Å². The zero-order valence-corrected chi connectivity index (χ0v) is 10.5. The van der Waals surface area contributed by atoms with E-state index < -0.39 is 5.54 Å². The van der Waals surface area contributed by atoms with Crippen molar-refractivity contribution < 1.29 is 14.3 Å². The van der Waals surface area contributed by atoms with Crippen LogP contribution in [0.2, 0.25) is 0 Å². The molecule has 0 aromatic heterocycles. The molecule has 1 fully saturated rings. The summed E-state index contributed by atoms with van der Waals surface area (Å²) in [5.41, 5.74) is 5.35. The Morgan fingerprint density at radius 3 is 2.44 bits per heavy atom. The minimum atomic E-state index is -0.823. The SMILES string of the molecule is CC(C)(C)CCOC(=O)C1(N)CCOCC1. The number of esters is 1. The number of carbonyl (C=O) groups excluding carboxylic acids is 1. The van der Waals surface area contributed by atoms with E-state index in [0.29, 0.717) is 32.7 Å². The average molecular weight is 229 g/mol. The van der Waals surface area contributed by atoms with Crippen molar-refractivity contribution in [2.45, 2.75) is 45.6 Å². The Bertz CT molecular complexity index is 239. The molecule has 1 aliphatic rings. The van der Waals surface area contributed by atoms with Gasteiger partial charge in [0.2, 0.25) is 0 Å². The quantitative estimate of drug-likeness (QED) is 0.744. The Hall–Kier alpha value is -0.610. The summed E-state index contributed by atoms with van der Waals surface area (Å²) in [6, 6.07) is 0. The van der Waals surface area contributed by atoms with Crippen LogP contribution in [-0.4, -0.2) is 31.3 Å². The lowest BCUT2D eigenvalue weighted by atomic mass is 9.91. The smallest absolute Gasteiger partial charge is 0.326 e. The molecule has 94 valence electrons. The van der Waals surface area contributed by atoms with Gasteiger partial charge in [-0.05, 0) is 24.7 Å². The second kappa shape index (κ2) is 5.15. The number of rotatable bonds is 3. The number of ether oxygens (including phenoxy) is 2. The Morgan fingerprint density at radius 1 is 1.38 bits per heavy atom. The first-order chi connectivity index (χ1) is 7.33. The van der Waals surface area contributed by atoms with Crippen molar-refractivity contribution >= 4 is 5.97 Å². The number of hydrogen-bond donors (Lipinski definition) is 1. The lowest BCUT2D eigenvalue weighted by Gasteiger charge is -2.31. The van der Waals surface area contributed by atoms with Crippen molar-refractivity contribution in [3.05, 3.63) is 0 Å². The van der Waals surface area contributed by atoms with E-state index in [1.807, 2.05) is 0 Å². The molecule has 0 bridgehead atoms. The molecule has 0 saturated carbocycles. The maximum atomic E-state index is 11.8. The van der Waals surface area contributed by atoms with E-state index in [4.69, 9.17) is 15.2 Å². The minimum absolute atomic E-state index is 0.178. The summed E-state index contributed by atoms with van der Waals surface area (Å²) in [7, 11) is 0. The van der Waals surface area contributed by atoms with Crippen LogP contribution in [0.25, 0.3) is 0 Å². The van der Waals surface area contributed by atoms with Crippen LogP contribution < -0.4 is 5.73 Å². The fourth-order valence-corrected chi connectivity index (χ4v) is 1.53. The molecule has 1 saturated heterocycles. The molecule has 1 heterocycles. The first-order valence-corrected chi connectivity index (χ1v) is 5.87. The Balaban J connectivity index is 2.34. The van der Waals surface area contributed by atoms with Crippen molar-refractivity contribution in [2.24, 2.45) is 11.1 Å². The van der Waals surface area contributed by atoms with Gasteiger partial charge in [-0.3, -0.25) is 4.79 Å². The van der Waals surface area contributed by atoms with Crippen molar-refractivity contribution in [1.82, 2.24) is 0 Å². The van der Waals surface area contributed by atoms with E-state index in [1.54, 1.807) is 0 Å². The molecule has 0 atom stereocenters. The predicted molar refractivity (Wildman–Crippen MR) is 62.0 cm³/mol. The second-order valence-electron chi connectivity index (χ2n) is 5.72. The van der Waals surface area contributed by atoms with Gasteiger partial charge in [-0.1, -0.05) is 20.8 Å². The lowest BCUT2D eigenvalue weighted by Crippen LogP contribution is -2.52. The van der Waals surface area contributed by atoms with Gasteiger partial charge in [-0.25, -0.2) is 0 Å². The maximum Gasteiger partial charge on any atom is 0.326 e. The minimum Gasteiger partial charge on any atom is -0.464 e. The normalized spacial score (nSPS) is 20.5. The third kappa shape index (κ3) is 4.10. The third-order valence-electron chi connectivity index (χ3n) is 2.88. The van der Waals surface area contributed by atoms with Crippen LogP contribution in [0.5, 0.6) is 0 Å². The summed E-state index contributed by atoms with van der Waals surface area (Å²) in [6.45, 7) is 7.90. The highest BCUT2D eigenvalue weighted by Gasteiger charge is 2.37. The van der Waals surface area contributed by atoms with E-state index in [2.05, 4.69) is 20.8 Å². The van der Waals surface area contributed by atoms with Crippen molar-refractivity contribution in [2.75, 3.05) is 19.8 Å². The first kappa shape index (κ1) is 13.5. The van der Waals surface area contributed by atoms with Crippen molar-refractivity contribution in [3.8, 4) is 0 Å². The molecule has 0 aliphatic carbocycles.